The lowest BCUT2D eigenvalue weighted by molar-refractivity contribution is -0.0372. The zero-order valence-electron chi connectivity index (χ0n) is 12.8. The van der Waals surface area contributed by atoms with Crippen molar-refractivity contribution >= 4 is 0 Å². The summed E-state index contributed by atoms with van der Waals surface area (Å²) < 4.78 is 5.80. The normalized spacial score (nSPS) is 22.3. The Morgan fingerprint density at radius 2 is 2.06 bits per heavy atom. The Balaban J connectivity index is 2.12. The van der Waals surface area contributed by atoms with Crippen LogP contribution in [0.2, 0.25) is 0 Å². The van der Waals surface area contributed by atoms with Crippen LogP contribution in [0.15, 0.2) is 0 Å². The number of rotatable bonds is 7. The Labute approximate surface area is 113 Å². The zero-order valence-corrected chi connectivity index (χ0v) is 12.8. The first-order valence-corrected chi connectivity index (χ1v) is 7.27. The molecular formula is C14H31N3O. The van der Waals surface area contributed by atoms with E-state index in [4.69, 9.17) is 4.74 Å². The van der Waals surface area contributed by atoms with Gasteiger partial charge in [-0.1, -0.05) is 0 Å². The molecule has 0 bridgehead atoms. The van der Waals surface area contributed by atoms with Crippen molar-refractivity contribution < 1.29 is 4.74 Å². The van der Waals surface area contributed by atoms with Crippen LogP contribution in [0.3, 0.4) is 0 Å². The molecule has 0 radical (unpaired) electrons. The van der Waals surface area contributed by atoms with Crippen LogP contribution in [-0.4, -0.2) is 74.4 Å². The van der Waals surface area contributed by atoms with Gasteiger partial charge in [0, 0.05) is 44.8 Å². The highest BCUT2D eigenvalue weighted by atomic mass is 16.5. The highest BCUT2D eigenvalue weighted by Crippen LogP contribution is 2.07. The molecule has 1 fully saturated rings. The second kappa shape index (κ2) is 8.10. The van der Waals surface area contributed by atoms with E-state index in [0.29, 0.717) is 18.2 Å². The van der Waals surface area contributed by atoms with Crippen molar-refractivity contribution in [3.05, 3.63) is 0 Å². The molecule has 1 atom stereocenters. The molecule has 0 amide bonds. The highest BCUT2D eigenvalue weighted by Gasteiger charge is 2.21. The lowest BCUT2D eigenvalue weighted by Crippen LogP contribution is -2.49. The Kier molecular flexibility index (Phi) is 7.15. The fraction of sp³-hybridized carbons (Fsp3) is 1.00. The first-order chi connectivity index (χ1) is 8.50. The van der Waals surface area contributed by atoms with Crippen molar-refractivity contribution in [2.45, 2.75) is 45.9 Å². The van der Waals surface area contributed by atoms with E-state index in [9.17, 15) is 0 Å². The molecular weight excluding hydrogens is 226 g/mol. The standard InChI is InChI=1S/C14H31N3O/c1-12(2)16(5)7-6-15-10-14-11-17(13(3)4)8-9-18-14/h12-15H,6-11H2,1-5H3. The van der Waals surface area contributed by atoms with Crippen molar-refractivity contribution in [2.75, 3.05) is 46.4 Å². The lowest BCUT2D eigenvalue weighted by atomic mass is 10.2. The summed E-state index contributed by atoms with van der Waals surface area (Å²) in [5.41, 5.74) is 0. The molecule has 0 aromatic heterocycles. The van der Waals surface area contributed by atoms with Gasteiger partial charge in [-0.05, 0) is 34.7 Å². The van der Waals surface area contributed by atoms with Crippen molar-refractivity contribution in [3.8, 4) is 0 Å². The lowest BCUT2D eigenvalue weighted by Gasteiger charge is -2.35. The molecule has 0 saturated carbocycles. The van der Waals surface area contributed by atoms with Gasteiger partial charge in [-0.2, -0.15) is 0 Å². The molecule has 4 nitrogen and oxygen atoms in total. The van der Waals surface area contributed by atoms with Crippen LogP contribution in [0, 0.1) is 0 Å². The maximum Gasteiger partial charge on any atom is 0.0826 e. The van der Waals surface area contributed by atoms with Gasteiger partial charge in [-0.3, -0.25) is 4.90 Å². The predicted octanol–water partition coefficient (Wildman–Crippen LogP) is 1.03. The van der Waals surface area contributed by atoms with Gasteiger partial charge < -0.3 is 15.0 Å². The van der Waals surface area contributed by atoms with Crippen LogP contribution in [0.1, 0.15) is 27.7 Å². The van der Waals surface area contributed by atoms with Crippen molar-refractivity contribution in [1.82, 2.24) is 15.1 Å². The van der Waals surface area contributed by atoms with E-state index < -0.39 is 0 Å². The van der Waals surface area contributed by atoms with Crippen LogP contribution in [0.4, 0.5) is 0 Å². The van der Waals surface area contributed by atoms with Crippen LogP contribution in [0.5, 0.6) is 0 Å². The molecule has 0 aliphatic carbocycles. The zero-order chi connectivity index (χ0) is 13.5. The van der Waals surface area contributed by atoms with Gasteiger partial charge in [0.15, 0.2) is 0 Å². The molecule has 108 valence electrons. The smallest absolute Gasteiger partial charge is 0.0826 e. The molecule has 1 unspecified atom stereocenters. The van der Waals surface area contributed by atoms with Crippen molar-refractivity contribution in [2.24, 2.45) is 0 Å². The van der Waals surface area contributed by atoms with Gasteiger partial charge in [0.05, 0.1) is 12.7 Å². The minimum Gasteiger partial charge on any atom is -0.374 e. The summed E-state index contributed by atoms with van der Waals surface area (Å²) in [4.78, 5) is 4.85. The van der Waals surface area contributed by atoms with Crippen molar-refractivity contribution in [1.29, 1.82) is 0 Å². The summed E-state index contributed by atoms with van der Waals surface area (Å²) in [6, 6.07) is 1.25. The van der Waals surface area contributed by atoms with E-state index >= 15 is 0 Å². The topological polar surface area (TPSA) is 27.7 Å². The van der Waals surface area contributed by atoms with E-state index in [0.717, 1.165) is 39.3 Å². The number of morpholine rings is 1. The number of hydrogen-bond donors (Lipinski definition) is 1. The Bertz CT molecular complexity index is 221. The van der Waals surface area contributed by atoms with E-state index in [-0.39, 0.29) is 0 Å². The number of likely N-dealkylation sites (N-methyl/N-ethyl adjacent to an activating group) is 1. The molecule has 1 rings (SSSR count). The SMILES string of the molecule is CC(C)N(C)CCNCC1CN(C(C)C)CCO1. The van der Waals surface area contributed by atoms with E-state index in [1.165, 1.54) is 0 Å². The minimum absolute atomic E-state index is 0.352. The summed E-state index contributed by atoms with van der Waals surface area (Å²) in [5, 5.41) is 3.51. The quantitative estimate of drug-likeness (QED) is 0.689. The Morgan fingerprint density at radius 1 is 1.33 bits per heavy atom. The molecule has 1 N–H and O–H groups in total. The second-order valence-electron chi connectivity index (χ2n) is 5.86. The molecule has 1 saturated heterocycles. The van der Waals surface area contributed by atoms with Crippen LogP contribution in [-0.2, 0) is 4.74 Å². The van der Waals surface area contributed by atoms with Gasteiger partial charge in [-0.25, -0.2) is 0 Å². The van der Waals surface area contributed by atoms with E-state index in [2.05, 4.69) is 49.9 Å². The Morgan fingerprint density at radius 3 is 2.67 bits per heavy atom. The summed E-state index contributed by atoms with van der Waals surface area (Å²) in [6.45, 7) is 15.1. The van der Waals surface area contributed by atoms with E-state index in [1.807, 2.05) is 0 Å². The van der Waals surface area contributed by atoms with Gasteiger partial charge in [0.2, 0.25) is 0 Å². The largest absolute Gasteiger partial charge is 0.374 e. The molecule has 0 aromatic rings. The minimum atomic E-state index is 0.352. The average molecular weight is 257 g/mol. The first kappa shape index (κ1) is 15.9. The number of nitrogens with zero attached hydrogens (tertiary/aromatic N) is 2. The molecule has 4 heteroatoms. The number of nitrogens with one attached hydrogen (secondary N) is 1. The first-order valence-electron chi connectivity index (χ1n) is 7.27. The fourth-order valence-corrected chi connectivity index (χ4v) is 2.11. The Hall–Kier alpha value is -0.160. The molecule has 18 heavy (non-hydrogen) atoms. The van der Waals surface area contributed by atoms with Gasteiger partial charge in [-0.15, -0.1) is 0 Å². The maximum absolute atomic E-state index is 5.80. The maximum atomic E-state index is 5.80. The summed E-state index contributed by atoms with van der Waals surface area (Å²) >= 11 is 0. The third-order valence-corrected chi connectivity index (χ3v) is 3.80. The van der Waals surface area contributed by atoms with Gasteiger partial charge >= 0.3 is 0 Å². The second-order valence-corrected chi connectivity index (χ2v) is 5.86. The number of hydrogen-bond acceptors (Lipinski definition) is 4. The highest BCUT2D eigenvalue weighted by molar-refractivity contribution is 4.75. The van der Waals surface area contributed by atoms with Crippen LogP contribution < -0.4 is 5.32 Å². The summed E-state index contributed by atoms with van der Waals surface area (Å²) in [5.74, 6) is 0. The number of ether oxygens (including phenoxy) is 1. The average Bonchev–Trinajstić information content (AvgIpc) is 2.34. The third kappa shape index (κ3) is 5.65. The summed E-state index contributed by atoms with van der Waals surface area (Å²) in [6.07, 6.45) is 0.352. The molecule has 1 aliphatic heterocycles. The summed E-state index contributed by atoms with van der Waals surface area (Å²) in [7, 11) is 2.17. The van der Waals surface area contributed by atoms with Gasteiger partial charge in [0.1, 0.15) is 0 Å². The van der Waals surface area contributed by atoms with Gasteiger partial charge in [0.25, 0.3) is 0 Å². The molecule has 1 aliphatic rings. The third-order valence-electron chi connectivity index (χ3n) is 3.80. The van der Waals surface area contributed by atoms with Crippen LogP contribution in [0.25, 0.3) is 0 Å². The predicted molar refractivity (Wildman–Crippen MR) is 77.1 cm³/mol. The van der Waals surface area contributed by atoms with E-state index in [1.54, 1.807) is 0 Å². The van der Waals surface area contributed by atoms with Crippen LogP contribution >= 0.6 is 0 Å². The molecule has 0 aromatic carbocycles. The molecule has 0 spiro atoms. The fourth-order valence-electron chi connectivity index (χ4n) is 2.11. The monoisotopic (exact) mass is 257 g/mol. The van der Waals surface area contributed by atoms with Crippen molar-refractivity contribution in [3.63, 3.8) is 0 Å². The molecule has 1 heterocycles.